The second-order valence-corrected chi connectivity index (χ2v) is 6.03. The molecule has 0 saturated heterocycles. The zero-order valence-corrected chi connectivity index (χ0v) is 12.5. The van der Waals surface area contributed by atoms with Crippen LogP contribution < -0.4 is 5.73 Å². The van der Waals surface area contributed by atoms with Crippen molar-refractivity contribution in [1.82, 2.24) is 0 Å². The van der Waals surface area contributed by atoms with Crippen molar-refractivity contribution < 1.29 is 0 Å². The van der Waals surface area contributed by atoms with E-state index in [0.717, 1.165) is 6.54 Å². The molecule has 0 rings (SSSR count). The number of halogens is 1. The number of nitrogens with two attached hydrogens (primary N) is 1. The van der Waals surface area contributed by atoms with Gasteiger partial charge in [0.05, 0.1) is 0 Å². The van der Waals surface area contributed by atoms with E-state index in [2.05, 4.69) is 26.5 Å². The summed E-state index contributed by atoms with van der Waals surface area (Å²) in [6.45, 7) is 5.28. The van der Waals surface area contributed by atoms with Crippen LogP contribution in [0.4, 0.5) is 0 Å². The van der Waals surface area contributed by atoms with Crippen molar-refractivity contribution in [2.45, 2.75) is 50.5 Å². The second kappa shape index (κ2) is 13.0. The van der Waals surface area contributed by atoms with Gasteiger partial charge in [0.2, 0.25) is 0 Å². The summed E-state index contributed by atoms with van der Waals surface area (Å²) in [4.78, 5) is 0. The van der Waals surface area contributed by atoms with Crippen molar-refractivity contribution in [3.05, 3.63) is 0 Å². The first-order valence-corrected chi connectivity index (χ1v) is 7.30. The number of unbranched alkanes of at least 4 members (excludes halogenated alkanes) is 1. The molecule has 0 aliphatic rings. The molecule has 1 nitrogen and oxygen atoms in total. The quantitative estimate of drug-likeness (QED) is 0.490. The van der Waals surface area contributed by atoms with E-state index < -0.39 is 0 Å². The molecule has 2 atom stereocenters. The Balaban J connectivity index is 0. The average molecular weight is 272 g/mol. The summed E-state index contributed by atoms with van der Waals surface area (Å²) in [5, 5.41) is 0. The molecule has 0 spiro atoms. The molecule has 0 aromatic rings. The lowest BCUT2D eigenvalue weighted by atomic mass is 10.1. The summed E-state index contributed by atoms with van der Waals surface area (Å²) in [6, 6.07) is 0. The molecule has 2 N–H and O–H groups in total. The Morgan fingerprint density at radius 2 is 1.87 bits per heavy atom. The highest BCUT2D eigenvalue weighted by Gasteiger charge is 2.09. The van der Waals surface area contributed by atoms with Gasteiger partial charge in [0.15, 0.2) is 0 Å². The first kappa shape index (κ1) is 18.3. The summed E-state index contributed by atoms with van der Waals surface area (Å²) >= 11 is 6.51. The minimum absolute atomic E-state index is 0. The summed E-state index contributed by atoms with van der Waals surface area (Å²) in [7, 11) is 0. The first-order chi connectivity index (χ1) is 6.74. The van der Waals surface area contributed by atoms with Gasteiger partial charge in [-0.05, 0) is 31.1 Å². The van der Waals surface area contributed by atoms with Crippen LogP contribution >= 0.6 is 36.8 Å². The molecular formula is C11H26ClNS2. The van der Waals surface area contributed by atoms with Gasteiger partial charge in [-0.15, -0.1) is 24.2 Å². The molecule has 0 heterocycles. The summed E-state index contributed by atoms with van der Waals surface area (Å²) in [5.41, 5.74) is 5.74. The van der Waals surface area contributed by atoms with Gasteiger partial charge in [0.25, 0.3) is 0 Å². The number of hydrogen-bond donors (Lipinski definition) is 2. The van der Waals surface area contributed by atoms with Gasteiger partial charge in [0.1, 0.15) is 0 Å². The molecular weight excluding hydrogens is 246 g/mol. The number of rotatable bonds is 9. The predicted molar refractivity (Wildman–Crippen MR) is 79.5 cm³/mol. The molecule has 0 saturated carbocycles. The monoisotopic (exact) mass is 271 g/mol. The third-order valence-electron chi connectivity index (χ3n) is 2.36. The average Bonchev–Trinajstić information content (AvgIpc) is 2.19. The van der Waals surface area contributed by atoms with E-state index in [1.54, 1.807) is 0 Å². The van der Waals surface area contributed by atoms with E-state index in [1.165, 1.54) is 37.9 Å². The Kier molecular flexibility index (Phi) is 15.9. The summed E-state index contributed by atoms with van der Waals surface area (Å²) in [6.07, 6.45) is 6.31. The number of thiol groups is 1. The van der Waals surface area contributed by atoms with E-state index in [1.807, 2.05) is 11.8 Å². The van der Waals surface area contributed by atoms with Crippen molar-refractivity contribution in [2.24, 2.45) is 11.7 Å². The van der Waals surface area contributed by atoms with Crippen molar-refractivity contribution in [1.29, 1.82) is 0 Å². The molecule has 0 aliphatic heterocycles. The van der Waals surface area contributed by atoms with Crippen LogP contribution in [0.25, 0.3) is 0 Å². The lowest BCUT2D eigenvalue weighted by Crippen LogP contribution is -2.17. The smallest absolute Gasteiger partial charge is 0.0472 e. The van der Waals surface area contributed by atoms with Crippen LogP contribution in [-0.2, 0) is 0 Å². The highest BCUT2D eigenvalue weighted by Crippen LogP contribution is 2.23. The largest absolute Gasteiger partial charge is 0.330 e. The van der Waals surface area contributed by atoms with Crippen LogP contribution in [0.2, 0.25) is 0 Å². The SMILES string of the molecule is CCCCC(CN)CSC(S)CCC.Cl. The highest BCUT2D eigenvalue weighted by atomic mass is 35.5. The van der Waals surface area contributed by atoms with Crippen LogP contribution in [0.1, 0.15) is 46.0 Å². The zero-order chi connectivity index (χ0) is 10.8. The first-order valence-electron chi connectivity index (χ1n) is 5.74. The molecule has 15 heavy (non-hydrogen) atoms. The maximum absolute atomic E-state index is 5.74. The molecule has 0 bridgehead atoms. The van der Waals surface area contributed by atoms with Crippen LogP contribution in [0.3, 0.4) is 0 Å². The van der Waals surface area contributed by atoms with Crippen LogP contribution in [0.15, 0.2) is 0 Å². The van der Waals surface area contributed by atoms with Crippen LogP contribution in [0.5, 0.6) is 0 Å². The van der Waals surface area contributed by atoms with Gasteiger partial charge in [-0.1, -0.05) is 33.1 Å². The highest BCUT2D eigenvalue weighted by molar-refractivity contribution is 8.10. The van der Waals surface area contributed by atoms with E-state index in [-0.39, 0.29) is 12.4 Å². The van der Waals surface area contributed by atoms with Crippen molar-refractivity contribution in [2.75, 3.05) is 12.3 Å². The maximum Gasteiger partial charge on any atom is 0.0472 e. The van der Waals surface area contributed by atoms with Crippen molar-refractivity contribution in [3.8, 4) is 0 Å². The third-order valence-corrected chi connectivity index (χ3v) is 4.35. The molecule has 0 aromatic carbocycles. The Morgan fingerprint density at radius 3 is 2.33 bits per heavy atom. The minimum atomic E-state index is 0. The van der Waals surface area contributed by atoms with Gasteiger partial charge >= 0.3 is 0 Å². The molecule has 94 valence electrons. The normalized spacial score (nSPS) is 14.4. The third kappa shape index (κ3) is 11.2. The predicted octanol–water partition coefficient (Wildman–Crippen LogP) is 3.96. The van der Waals surface area contributed by atoms with Gasteiger partial charge in [0, 0.05) is 4.58 Å². The minimum Gasteiger partial charge on any atom is -0.330 e. The lowest BCUT2D eigenvalue weighted by Gasteiger charge is -2.16. The van der Waals surface area contributed by atoms with Crippen LogP contribution in [0, 0.1) is 5.92 Å². The Bertz CT molecular complexity index is 125. The lowest BCUT2D eigenvalue weighted by molar-refractivity contribution is 0.523. The molecule has 0 aliphatic carbocycles. The molecule has 0 fully saturated rings. The Hall–Kier alpha value is 0.950. The van der Waals surface area contributed by atoms with E-state index in [9.17, 15) is 0 Å². The standard InChI is InChI=1S/C11H25NS2.ClH/c1-3-5-7-10(8-12)9-14-11(13)6-4-2;/h10-11,13H,3-9,12H2,1-2H3;1H. The second-order valence-electron chi connectivity index (χ2n) is 3.82. The van der Waals surface area contributed by atoms with Crippen LogP contribution in [-0.4, -0.2) is 16.9 Å². The van der Waals surface area contributed by atoms with Crippen molar-refractivity contribution >= 4 is 36.8 Å². The fraction of sp³-hybridized carbons (Fsp3) is 1.00. The molecule has 4 heteroatoms. The zero-order valence-electron chi connectivity index (χ0n) is 9.95. The topological polar surface area (TPSA) is 26.0 Å². The number of hydrogen-bond acceptors (Lipinski definition) is 3. The molecule has 0 aromatic heterocycles. The van der Waals surface area contributed by atoms with Crippen molar-refractivity contribution in [3.63, 3.8) is 0 Å². The van der Waals surface area contributed by atoms with Gasteiger partial charge < -0.3 is 5.73 Å². The van der Waals surface area contributed by atoms with E-state index in [4.69, 9.17) is 5.73 Å². The van der Waals surface area contributed by atoms with E-state index in [0.29, 0.717) is 10.5 Å². The Labute approximate surface area is 111 Å². The van der Waals surface area contributed by atoms with E-state index >= 15 is 0 Å². The van der Waals surface area contributed by atoms with Gasteiger partial charge in [-0.2, -0.15) is 12.6 Å². The molecule has 2 unspecified atom stereocenters. The molecule has 0 amide bonds. The summed E-state index contributed by atoms with van der Waals surface area (Å²) in [5.74, 6) is 1.89. The Morgan fingerprint density at radius 1 is 1.20 bits per heavy atom. The maximum atomic E-state index is 5.74. The molecule has 0 radical (unpaired) electrons. The fourth-order valence-corrected chi connectivity index (χ4v) is 3.06. The fourth-order valence-electron chi connectivity index (χ4n) is 1.34. The van der Waals surface area contributed by atoms with Gasteiger partial charge in [-0.25, -0.2) is 0 Å². The summed E-state index contributed by atoms with van der Waals surface area (Å²) < 4.78 is 0.510. The van der Waals surface area contributed by atoms with Gasteiger partial charge in [-0.3, -0.25) is 0 Å². The number of thioether (sulfide) groups is 1.